The van der Waals surface area contributed by atoms with E-state index in [1.54, 1.807) is 18.2 Å². The van der Waals surface area contributed by atoms with Gasteiger partial charge in [0.05, 0.1) is 0 Å². The first-order valence-electron chi connectivity index (χ1n) is 2.92. The summed E-state index contributed by atoms with van der Waals surface area (Å²) in [6.07, 6.45) is 1.65. The van der Waals surface area contributed by atoms with E-state index in [1.165, 1.54) is 0 Å². The molecule has 1 aromatic carbocycles. The van der Waals surface area contributed by atoms with Crippen molar-refractivity contribution in [1.82, 2.24) is 0 Å². The number of rotatable bonds is 1. The van der Waals surface area contributed by atoms with E-state index in [-0.39, 0.29) is 0 Å². The zero-order valence-electron chi connectivity index (χ0n) is 5.47. The first-order valence-corrected chi connectivity index (χ1v) is 3.30. The van der Waals surface area contributed by atoms with Gasteiger partial charge in [0, 0.05) is 16.3 Å². The predicted octanol–water partition coefficient (Wildman–Crippen LogP) is 2.57. The molecule has 1 nitrogen and oxygen atoms in total. The molecule has 0 atom stereocenters. The number of nitrogens with two attached hydrogens (primary N) is 1. The zero-order valence-corrected chi connectivity index (χ0v) is 6.23. The van der Waals surface area contributed by atoms with Crippen LogP contribution in [0, 0.1) is 0 Å². The fraction of sp³-hybridized carbons (Fsp3) is 0. The second kappa shape index (κ2) is 2.76. The molecule has 1 rings (SSSR count). The Balaban J connectivity index is 3.30. The van der Waals surface area contributed by atoms with Crippen LogP contribution in [-0.2, 0) is 0 Å². The second-order valence-electron chi connectivity index (χ2n) is 1.95. The summed E-state index contributed by atoms with van der Waals surface area (Å²) in [5.74, 6) is 0. The summed E-state index contributed by atoms with van der Waals surface area (Å²) in [6, 6.07) is 5.39. The van der Waals surface area contributed by atoms with Crippen LogP contribution in [0.5, 0.6) is 0 Å². The van der Waals surface area contributed by atoms with E-state index < -0.39 is 0 Å². The van der Waals surface area contributed by atoms with Crippen molar-refractivity contribution < 1.29 is 0 Å². The van der Waals surface area contributed by atoms with Crippen LogP contribution in [0.2, 0.25) is 5.02 Å². The second-order valence-corrected chi connectivity index (χ2v) is 2.35. The maximum atomic E-state index is 5.78. The van der Waals surface area contributed by atoms with Crippen molar-refractivity contribution in [3.63, 3.8) is 0 Å². The third-order valence-corrected chi connectivity index (χ3v) is 1.62. The molecule has 0 aliphatic carbocycles. The average molecular weight is 154 g/mol. The summed E-state index contributed by atoms with van der Waals surface area (Å²) < 4.78 is 0. The Labute approximate surface area is 65.1 Å². The van der Waals surface area contributed by atoms with Crippen molar-refractivity contribution in [1.29, 1.82) is 0 Å². The number of hydrogen-bond acceptors (Lipinski definition) is 1. The lowest BCUT2D eigenvalue weighted by Crippen LogP contribution is -1.88. The monoisotopic (exact) mass is 153 g/mol. The molecule has 10 heavy (non-hydrogen) atoms. The normalized spacial score (nSPS) is 9.30. The third kappa shape index (κ3) is 1.14. The Morgan fingerprint density at radius 2 is 2.20 bits per heavy atom. The standard InChI is InChI=1S/C8H8ClN/c1-2-6-7(9)4-3-5-8(6)10/h2-5H,1,10H2. The largest absolute Gasteiger partial charge is 0.398 e. The van der Waals surface area contributed by atoms with Gasteiger partial charge in [-0.3, -0.25) is 0 Å². The molecule has 0 unspecified atom stereocenters. The van der Waals surface area contributed by atoms with Crippen molar-refractivity contribution in [3.05, 3.63) is 35.4 Å². The molecule has 0 fully saturated rings. The Kier molecular flexibility index (Phi) is 1.97. The van der Waals surface area contributed by atoms with Gasteiger partial charge in [0.25, 0.3) is 0 Å². The first-order chi connectivity index (χ1) is 4.75. The maximum Gasteiger partial charge on any atom is 0.0498 e. The SMILES string of the molecule is C=Cc1c(N)cccc1Cl. The lowest BCUT2D eigenvalue weighted by Gasteiger charge is -2.00. The highest BCUT2D eigenvalue weighted by Crippen LogP contribution is 2.22. The number of anilines is 1. The number of hydrogen-bond donors (Lipinski definition) is 1. The smallest absolute Gasteiger partial charge is 0.0498 e. The fourth-order valence-corrected chi connectivity index (χ4v) is 1.03. The minimum atomic E-state index is 0.648. The Morgan fingerprint density at radius 1 is 1.50 bits per heavy atom. The number of benzene rings is 1. The Morgan fingerprint density at radius 3 is 2.60 bits per heavy atom. The number of halogens is 1. The van der Waals surface area contributed by atoms with Crippen LogP contribution in [0.1, 0.15) is 5.56 Å². The molecule has 52 valence electrons. The van der Waals surface area contributed by atoms with Crippen molar-refractivity contribution in [2.24, 2.45) is 0 Å². The summed E-state index contributed by atoms with van der Waals surface area (Å²) in [5, 5.41) is 0.648. The van der Waals surface area contributed by atoms with Gasteiger partial charge >= 0.3 is 0 Å². The summed E-state index contributed by atoms with van der Waals surface area (Å²) in [4.78, 5) is 0. The molecule has 1 aromatic rings. The summed E-state index contributed by atoms with van der Waals surface area (Å²) in [6.45, 7) is 3.59. The van der Waals surface area contributed by atoms with E-state index in [9.17, 15) is 0 Å². The van der Waals surface area contributed by atoms with Gasteiger partial charge < -0.3 is 5.73 Å². The summed E-state index contributed by atoms with van der Waals surface area (Å²) >= 11 is 5.78. The minimum absolute atomic E-state index is 0.648. The molecule has 0 saturated carbocycles. The van der Waals surface area contributed by atoms with Crippen molar-refractivity contribution in [2.45, 2.75) is 0 Å². The van der Waals surface area contributed by atoms with E-state index in [2.05, 4.69) is 6.58 Å². The summed E-state index contributed by atoms with van der Waals surface area (Å²) in [7, 11) is 0. The minimum Gasteiger partial charge on any atom is -0.398 e. The van der Waals surface area contributed by atoms with Crippen LogP contribution in [0.4, 0.5) is 5.69 Å². The molecule has 0 aliphatic heterocycles. The van der Waals surface area contributed by atoms with Gasteiger partial charge in [-0.1, -0.05) is 30.3 Å². The molecule has 0 heterocycles. The summed E-state index contributed by atoms with van der Waals surface area (Å²) in [5.41, 5.74) is 7.05. The van der Waals surface area contributed by atoms with Gasteiger partial charge in [0.2, 0.25) is 0 Å². The first kappa shape index (κ1) is 7.16. The average Bonchev–Trinajstić information content (AvgIpc) is 1.88. The van der Waals surface area contributed by atoms with Gasteiger partial charge in [-0.2, -0.15) is 0 Å². The molecular formula is C8H8ClN. The van der Waals surface area contributed by atoms with E-state index in [0.29, 0.717) is 10.7 Å². The van der Waals surface area contributed by atoms with Gasteiger partial charge in [0.15, 0.2) is 0 Å². The molecule has 0 radical (unpaired) electrons. The molecule has 0 amide bonds. The van der Waals surface area contributed by atoms with Crippen LogP contribution in [-0.4, -0.2) is 0 Å². The molecule has 0 spiro atoms. The van der Waals surface area contributed by atoms with Gasteiger partial charge in [-0.05, 0) is 12.1 Å². The predicted molar refractivity (Wildman–Crippen MR) is 46.0 cm³/mol. The number of nitrogen functional groups attached to an aromatic ring is 1. The lowest BCUT2D eigenvalue weighted by atomic mass is 10.2. The van der Waals surface area contributed by atoms with Gasteiger partial charge in [0.1, 0.15) is 0 Å². The van der Waals surface area contributed by atoms with Gasteiger partial charge in [-0.25, -0.2) is 0 Å². The molecule has 0 aliphatic rings. The van der Waals surface area contributed by atoms with Crippen molar-refractivity contribution in [2.75, 3.05) is 5.73 Å². The van der Waals surface area contributed by atoms with E-state index in [4.69, 9.17) is 17.3 Å². The highest BCUT2D eigenvalue weighted by molar-refractivity contribution is 6.32. The maximum absolute atomic E-state index is 5.78. The highest BCUT2D eigenvalue weighted by Gasteiger charge is 1.97. The van der Waals surface area contributed by atoms with Crippen LogP contribution >= 0.6 is 11.6 Å². The molecule has 0 bridgehead atoms. The molecule has 2 N–H and O–H groups in total. The zero-order chi connectivity index (χ0) is 7.56. The molecule has 0 aromatic heterocycles. The fourth-order valence-electron chi connectivity index (χ4n) is 0.769. The lowest BCUT2D eigenvalue weighted by molar-refractivity contribution is 1.64. The topological polar surface area (TPSA) is 26.0 Å². The molecular weight excluding hydrogens is 146 g/mol. The molecule has 2 heteroatoms. The van der Waals surface area contributed by atoms with Crippen molar-refractivity contribution in [3.8, 4) is 0 Å². The van der Waals surface area contributed by atoms with Crippen LogP contribution < -0.4 is 5.73 Å². The molecule has 0 saturated heterocycles. The van der Waals surface area contributed by atoms with Crippen molar-refractivity contribution >= 4 is 23.4 Å². The highest BCUT2D eigenvalue weighted by atomic mass is 35.5. The Bertz CT molecular complexity index is 235. The Hall–Kier alpha value is -0.950. The van der Waals surface area contributed by atoms with E-state index in [0.717, 1.165) is 5.56 Å². The van der Waals surface area contributed by atoms with E-state index in [1.807, 2.05) is 6.07 Å². The van der Waals surface area contributed by atoms with Crippen LogP contribution in [0.15, 0.2) is 24.8 Å². The van der Waals surface area contributed by atoms with Crippen LogP contribution in [0.3, 0.4) is 0 Å². The van der Waals surface area contributed by atoms with Crippen LogP contribution in [0.25, 0.3) is 6.08 Å². The van der Waals surface area contributed by atoms with Gasteiger partial charge in [-0.15, -0.1) is 0 Å². The quantitative estimate of drug-likeness (QED) is 0.617. The third-order valence-electron chi connectivity index (χ3n) is 1.29. The van der Waals surface area contributed by atoms with E-state index >= 15 is 0 Å².